The normalized spacial score (nSPS) is 12.8. The maximum absolute atomic E-state index is 13.6. The molecule has 3 aromatic rings. The number of carbonyl (C=O) groups is 2. The molecule has 0 radical (unpaired) electrons. The van der Waals surface area contributed by atoms with Crippen LogP contribution in [0, 0.1) is 0 Å². The van der Waals surface area contributed by atoms with Crippen LogP contribution in [0.5, 0.6) is 11.5 Å². The molecule has 1 heterocycles. The van der Waals surface area contributed by atoms with Gasteiger partial charge in [-0.15, -0.1) is 11.3 Å². The number of amides is 3. The van der Waals surface area contributed by atoms with E-state index in [0.717, 1.165) is 29.0 Å². The van der Waals surface area contributed by atoms with E-state index in [1.165, 1.54) is 5.56 Å². The van der Waals surface area contributed by atoms with Gasteiger partial charge in [-0.05, 0) is 72.0 Å². The quantitative estimate of drug-likeness (QED) is 0.302. The number of benzene rings is 2. The molecule has 8 heteroatoms. The van der Waals surface area contributed by atoms with Crippen molar-refractivity contribution in [2.75, 3.05) is 32.6 Å². The summed E-state index contributed by atoms with van der Waals surface area (Å²) in [5, 5.41) is 5.01. The minimum absolute atomic E-state index is 0.0535. The summed E-state index contributed by atoms with van der Waals surface area (Å²) >= 11 is 1.63. The Morgan fingerprint density at radius 3 is 2.37 bits per heavy atom. The van der Waals surface area contributed by atoms with Gasteiger partial charge in [-0.2, -0.15) is 0 Å². The zero-order chi connectivity index (χ0) is 27.1. The molecule has 0 unspecified atom stereocenters. The fourth-order valence-corrected chi connectivity index (χ4v) is 5.05. The molecule has 4 rings (SSSR count). The third-order valence-electron chi connectivity index (χ3n) is 6.78. The molecular formula is C30H37N3O4S. The zero-order valence-electron chi connectivity index (χ0n) is 22.6. The lowest BCUT2D eigenvalue weighted by molar-refractivity contribution is -0.132. The Bertz CT molecular complexity index is 1210. The molecule has 1 N–H and O–H groups in total. The highest BCUT2D eigenvalue weighted by atomic mass is 32.1. The standard InChI is InChI=1S/C30H37N3O4S/c1-21(2)23-8-10-24(11-9-23)31-30(35)33(25-12-13-25)20-29(34)32(19-26-6-5-17-38-26)16-15-22-7-14-27(36-3)28(18-22)37-4/h5-11,14,17-18,21,25H,12-13,15-16,19-20H2,1-4H3,(H,31,35). The van der Waals surface area contributed by atoms with Gasteiger partial charge in [0, 0.05) is 23.2 Å². The molecule has 38 heavy (non-hydrogen) atoms. The summed E-state index contributed by atoms with van der Waals surface area (Å²) in [5.74, 6) is 1.71. The van der Waals surface area contributed by atoms with E-state index >= 15 is 0 Å². The van der Waals surface area contributed by atoms with Crippen LogP contribution in [0.3, 0.4) is 0 Å². The van der Waals surface area contributed by atoms with Gasteiger partial charge in [0.1, 0.15) is 6.54 Å². The highest BCUT2D eigenvalue weighted by molar-refractivity contribution is 7.09. The third-order valence-corrected chi connectivity index (χ3v) is 7.64. The Morgan fingerprint density at radius 1 is 1.03 bits per heavy atom. The Morgan fingerprint density at radius 2 is 1.76 bits per heavy atom. The number of ether oxygens (including phenoxy) is 2. The first-order valence-corrected chi connectivity index (χ1v) is 13.9. The number of nitrogens with one attached hydrogen (secondary N) is 1. The van der Waals surface area contributed by atoms with Crippen LogP contribution >= 0.6 is 11.3 Å². The van der Waals surface area contributed by atoms with Crippen molar-refractivity contribution in [2.45, 2.75) is 51.6 Å². The van der Waals surface area contributed by atoms with Crippen molar-refractivity contribution in [3.8, 4) is 11.5 Å². The Labute approximate surface area is 229 Å². The second-order valence-corrected chi connectivity index (χ2v) is 10.9. The average Bonchev–Trinajstić information content (AvgIpc) is 3.63. The van der Waals surface area contributed by atoms with Crippen molar-refractivity contribution in [2.24, 2.45) is 0 Å². The van der Waals surface area contributed by atoms with E-state index in [2.05, 4.69) is 19.2 Å². The van der Waals surface area contributed by atoms with Crippen LogP contribution in [0.2, 0.25) is 0 Å². The lowest BCUT2D eigenvalue weighted by Crippen LogP contribution is -2.45. The largest absolute Gasteiger partial charge is 0.493 e. The van der Waals surface area contributed by atoms with Gasteiger partial charge in [-0.1, -0.05) is 38.1 Å². The van der Waals surface area contributed by atoms with E-state index in [-0.39, 0.29) is 24.5 Å². The number of hydrogen-bond donors (Lipinski definition) is 1. The van der Waals surface area contributed by atoms with Gasteiger partial charge in [-0.25, -0.2) is 4.79 Å². The molecule has 0 spiro atoms. The summed E-state index contributed by atoms with van der Waals surface area (Å²) < 4.78 is 10.8. The number of rotatable bonds is 12. The molecule has 202 valence electrons. The fraction of sp³-hybridized carbons (Fsp3) is 0.400. The molecule has 0 atom stereocenters. The average molecular weight is 536 g/mol. The molecule has 0 bridgehead atoms. The number of methoxy groups -OCH3 is 2. The number of hydrogen-bond acceptors (Lipinski definition) is 5. The van der Waals surface area contributed by atoms with Gasteiger partial charge in [0.2, 0.25) is 5.91 Å². The lowest BCUT2D eigenvalue weighted by Gasteiger charge is -2.28. The van der Waals surface area contributed by atoms with Crippen LogP contribution in [-0.4, -0.2) is 55.1 Å². The maximum Gasteiger partial charge on any atom is 0.322 e. The van der Waals surface area contributed by atoms with E-state index in [1.54, 1.807) is 30.5 Å². The van der Waals surface area contributed by atoms with Crippen molar-refractivity contribution in [1.29, 1.82) is 0 Å². The summed E-state index contributed by atoms with van der Waals surface area (Å²) in [7, 11) is 3.23. The van der Waals surface area contributed by atoms with Crippen LogP contribution in [0.1, 0.15) is 48.6 Å². The summed E-state index contributed by atoms with van der Waals surface area (Å²) in [5.41, 5.74) is 3.01. The third kappa shape index (κ3) is 7.28. The van der Waals surface area contributed by atoms with Gasteiger partial charge in [0.05, 0.1) is 20.8 Å². The Hall–Kier alpha value is -3.52. The molecule has 1 aromatic heterocycles. The number of urea groups is 1. The van der Waals surface area contributed by atoms with Crippen molar-refractivity contribution in [1.82, 2.24) is 9.80 Å². The summed E-state index contributed by atoms with van der Waals surface area (Å²) in [6, 6.07) is 17.6. The molecule has 1 aliphatic carbocycles. The van der Waals surface area contributed by atoms with Crippen LogP contribution in [0.15, 0.2) is 60.0 Å². The van der Waals surface area contributed by atoms with Crippen molar-refractivity contribution < 1.29 is 19.1 Å². The van der Waals surface area contributed by atoms with Crippen molar-refractivity contribution in [3.05, 3.63) is 76.0 Å². The molecule has 1 fully saturated rings. The first-order valence-electron chi connectivity index (χ1n) is 13.1. The van der Waals surface area contributed by atoms with Crippen LogP contribution in [0.25, 0.3) is 0 Å². The molecule has 2 aromatic carbocycles. The number of anilines is 1. The van der Waals surface area contributed by atoms with Crippen molar-refractivity contribution >= 4 is 29.0 Å². The first kappa shape index (κ1) is 27.5. The van der Waals surface area contributed by atoms with E-state index in [0.29, 0.717) is 36.9 Å². The van der Waals surface area contributed by atoms with Gasteiger partial charge in [-0.3, -0.25) is 4.79 Å². The summed E-state index contributed by atoms with van der Waals surface area (Å²) in [6.07, 6.45) is 2.50. The van der Waals surface area contributed by atoms with E-state index in [9.17, 15) is 9.59 Å². The van der Waals surface area contributed by atoms with E-state index in [1.807, 2.05) is 64.9 Å². The summed E-state index contributed by atoms with van der Waals surface area (Å²) in [4.78, 5) is 31.5. The Kier molecular flexibility index (Phi) is 9.29. The highest BCUT2D eigenvalue weighted by Gasteiger charge is 2.35. The van der Waals surface area contributed by atoms with Crippen LogP contribution < -0.4 is 14.8 Å². The van der Waals surface area contributed by atoms with E-state index in [4.69, 9.17) is 9.47 Å². The second-order valence-electron chi connectivity index (χ2n) is 9.90. The van der Waals surface area contributed by atoms with Crippen molar-refractivity contribution in [3.63, 3.8) is 0 Å². The van der Waals surface area contributed by atoms with Gasteiger partial charge >= 0.3 is 6.03 Å². The molecule has 3 amide bonds. The zero-order valence-corrected chi connectivity index (χ0v) is 23.4. The lowest BCUT2D eigenvalue weighted by atomic mass is 10.0. The van der Waals surface area contributed by atoms with Gasteiger partial charge < -0.3 is 24.6 Å². The first-order chi connectivity index (χ1) is 18.4. The monoisotopic (exact) mass is 535 g/mol. The molecule has 1 aliphatic rings. The summed E-state index contributed by atoms with van der Waals surface area (Å²) in [6.45, 7) is 5.38. The number of thiophene rings is 1. The number of nitrogens with zero attached hydrogens (tertiary/aromatic N) is 2. The Balaban J connectivity index is 1.44. The predicted octanol–water partition coefficient (Wildman–Crippen LogP) is 6.16. The minimum atomic E-state index is -0.228. The van der Waals surface area contributed by atoms with Crippen LogP contribution in [-0.2, 0) is 17.8 Å². The minimum Gasteiger partial charge on any atom is -0.493 e. The fourth-order valence-electron chi connectivity index (χ4n) is 4.33. The highest BCUT2D eigenvalue weighted by Crippen LogP contribution is 2.29. The van der Waals surface area contributed by atoms with Gasteiger partial charge in [0.15, 0.2) is 11.5 Å². The maximum atomic E-state index is 13.6. The molecule has 0 aliphatic heterocycles. The number of carbonyl (C=O) groups excluding carboxylic acids is 2. The van der Waals surface area contributed by atoms with Crippen LogP contribution in [0.4, 0.5) is 10.5 Å². The molecule has 7 nitrogen and oxygen atoms in total. The van der Waals surface area contributed by atoms with E-state index < -0.39 is 0 Å². The smallest absolute Gasteiger partial charge is 0.322 e. The second kappa shape index (κ2) is 12.8. The topological polar surface area (TPSA) is 71.1 Å². The molecule has 1 saturated carbocycles. The SMILES string of the molecule is COc1ccc(CCN(Cc2cccs2)C(=O)CN(C(=O)Nc2ccc(C(C)C)cc2)C2CC2)cc1OC. The molecular weight excluding hydrogens is 498 g/mol. The predicted molar refractivity (Wildman–Crippen MR) is 152 cm³/mol. The van der Waals surface area contributed by atoms with Gasteiger partial charge in [0.25, 0.3) is 0 Å². The molecule has 0 saturated heterocycles.